The van der Waals surface area contributed by atoms with Crippen LogP contribution in [0.4, 0.5) is 4.79 Å². The second kappa shape index (κ2) is 8.52. The number of nitrogens with zero attached hydrogens (tertiary/aromatic N) is 1. The van der Waals surface area contributed by atoms with E-state index in [0.717, 1.165) is 4.31 Å². The van der Waals surface area contributed by atoms with Crippen LogP contribution in [0.5, 0.6) is 28.7 Å². The molecule has 0 aromatic heterocycles. The van der Waals surface area contributed by atoms with Crippen molar-refractivity contribution in [3.05, 3.63) is 77.2 Å². The van der Waals surface area contributed by atoms with Crippen molar-refractivity contribution < 1.29 is 46.7 Å². The molecule has 12 heteroatoms. The smallest absolute Gasteiger partial charge is 0.493 e. The van der Waals surface area contributed by atoms with E-state index in [1.807, 2.05) is 0 Å². The van der Waals surface area contributed by atoms with E-state index in [4.69, 9.17) is 28.4 Å². The van der Waals surface area contributed by atoms with Gasteiger partial charge in [0.25, 0.3) is 10.0 Å². The fraction of sp³-hybridized carbons (Fsp3) is 0.160. The molecule has 3 aliphatic rings. The lowest BCUT2D eigenvalue weighted by atomic mass is 9.97. The van der Waals surface area contributed by atoms with Crippen molar-refractivity contribution in [1.82, 2.24) is 4.31 Å². The second-order valence-corrected chi connectivity index (χ2v) is 9.99. The van der Waals surface area contributed by atoms with Crippen molar-refractivity contribution in [3.63, 3.8) is 0 Å². The van der Waals surface area contributed by atoms with E-state index in [9.17, 15) is 18.3 Å². The average Bonchev–Trinajstić information content (AvgIpc) is 3.55. The molecule has 3 aromatic rings. The van der Waals surface area contributed by atoms with Gasteiger partial charge in [-0.15, -0.1) is 0 Å². The lowest BCUT2D eigenvalue weighted by molar-refractivity contribution is 0.101. The summed E-state index contributed by atoms with van der Waals surface area (Å²) in [5, 5.41) is 9.62. The molecular formula is C25H19NO10S. The van der Waals surface area contributed by atoms with Crippen LogP contribution in [-0.4, -0.2) is 44.7 Å². The van der Waals surface area contributed by atoms with Gasteiger partial charge in [-0.2, -0.15) is 0 Å². The minimum atomic E-state index is -4.24. The highest BCUT2D eigenvalue weighted by Gasteiger charge is 2.40. The van der Waals surface area contributed by atoms with E-state index < -0.39 is 16.2 Å². The topological polar surface area (TPSA) is 130 Å². The highest BCUT2D eigenvalue weighted by atomic mass is 32.2. The van der Waals surface area contributed by atoms with Crippen LogP contribution >= 0.6 is 0 Å². The molecule has 1 N–H and O–H groups in total. The molecule has 37 heavy (non-hydrogen) atoms. The Morgan fingerprint density at radius 2 is 1.73 bits per heavy atom. The van der Waals surface area contributed by atoms with Gasteiger partial charge in [0, 0.05) is 5.56 Å². The number of rotatable bonds is 5. The molecule has 0 bridgehead atoms. The Bertz CT molecular complexity index is 1580. The normalized spacial score (nSPS) is 16.4. The summed E-state index contributed by atoms with van der Waals surface area (Å²) in [5.74, 6) is 1.72. The number of carbonyl (C=O) groups is 1. The number of sulfonamides is 1. The van der Waals surface area contributed by atoms with Crippen molar-refractivity contribution >= 4 is 21.8 Å². The number of ether oxygens (including phenoxy) is 6. The van der Waals surface area contributed by atoms with Crippen LogP contribution in [0, 0.1) is 0 Å². The Hall–Kier alpha value is -4.58. The molecule has 0 saturated carbocycles. The van der Waals surface area contributed by atoms with Crippen molar-refractivity contribution in [1.29, 1.82) is 0 Å². The van der Waals surface area contributed by atoms with E-state index in [0.29, 0.717) is 39.9 Å². The lowest BCUT2D eigenvalue weighted by Gasteiger charge is -2.33. The van der Waals surface area contributed by atoms with Gasteiger partial charge < -0.3 is 33.5 Å². The van der Waals surface area contributed by atoms with Gasteiger partial charge in [-0.1, -0.05) is 24.3 Å². The summed E-state index contributed by atoms with van der Waals surface area (Å²) >= 11 is 0. The minimum absolute atomic E-state index is 0.00638. The van der Waals surface area contributed by atoms with Crippen LogP contribution in [0.2, 0.25) is 0 Å². The largest absolute Gasteiger partial charge is 0.512 e. The van der Waals surface area contributed by atoms with Crippen LogP contribution in [0.25, 0.3) is 5.57 Å². The van der Waals surface area contributed by atoms with Gasteiger partial charge in [-0.05, 0) is 41.5 Å². The Morgan fingerprint density at radius 3 is 2.54 bits per heavy atom. The minimum Gasteiger partial charge on any atom is -0.493 e. The van der Waals surface area contributed by atoms with Gasteiger partial charge in [0.1, 0.15) is 0 Å². The quantitative estimate of drug-likeness (QED) is 0.491. The van der Waals surface area contributed by atoms with Crippen LogP contribution in [-0.2, 0) is 21.3 Å². The van der Waals surface area contributed by atoms with E-state index >= 15 is 0 Å². The summed E-state index contributed by atoms with van der Waals surface area (Å²) in [4.78, 5) is 11.8. The Morgan fingerprint density at radius 1 is 0.973 bits per heavy atom. The Balaban J connectivity index is 1.57. The fourth-order valence-corrected chi connectivity index (χ4v) is 6.08. The maximum atomic E-state index is 13.8. The molecule has 11 nitrogen and oxygen atoms in total. The predicted octanol–water partition coefficient (Wildman–Crippen LogP) is 3.77. The van der Waals surface area contributed by atoms with E-state index in [1.165, 1.54) is 13.2 Å². The highest BCUT2D eigenvalue weighted by molar-refractivity contribution is 7.89. The molecule has 0 unspecified atom stereocenters. The first-order chi connectivity index (χ1) is 17.9. The first kappa shape index (κ1) is 22.9. The predicted molar refractivity (Wildman–Crippen MR) is 126 cm³/mol. The van der Waals surface area contributed by atoms with Crippen LogP contribution in [0.15, 0.2) is 65.4 Å². The summed E-state index contributed by atoms with van der Waals surface area (Å²) in [7, 11) is -2.79. The number of fused-ring (bicyclic) bond motifs is 3. The first-order valence-corrected chi connectivity index (χ1v) is 12.4. The SMILES string of the molecule is COc1cc(CN2C(OC(=O)O)=C(c3ccc4c(c3)OCO4)c3ccccc3S2(=O)=O)cc2c1OCO2. The zero-order valence-corrected chi connectivity index (χ0v) is 20.1. The number of carboxylic acid groups (broad SMARTS) is 1. The molecule has 3 aromatic carbocycles. The zero-order valence-electron chi connectivity index (χ0n) is 19.3. The van der Waals surface area contributed by atoms with Crippen molar-refractivity contribution in [2.24, 2.45) is 0 Å². The molecule has 0 radical (unpaired) electrons. The standard InChI is InChI=1S/C25H19NO10S/c1-31-19-8-14(9-20-23(19)35-13-34-20)11-26-24(36-25(27)28)22(15-6-7-17-18(10-15)33-12-32-17)16-4-2-3-5-21(16)37(26,29)30/h2-10H,11-13H2,1H3,(H,27,28). The molecule has 190 valence electrons. The van der Waals surface area contributed by atoms with Gasteiger partial charge in [0.05, 0.1) is 24.1 Å². The molecule has 0 aliphatic carbocycles. The molecule has 0 spiro atoms. The van der Waals surface area contributed by atoms with Crippen LogP contribution in [0.1, 0.15) is 16.7 Å². The second-order valence-electron chi connectivity index (χ2n) is 8.16. The van der Waals surface area contributed by atoms with Gasteiger partial charge in [0.15, 0.2) is 23.0 Å². The molecule has 3 aliphatic heterocycles. The molecule has 6 rings (SSSR count). The number of benzene rings is 3. The van der Waals surface area contributed by atoms with Crippen molar-refractivity contribution in [2.75, 3.05) is 20.7 Å². The van der Waals surface area contributed by atoms with Crippen molar-refractivity contribution in [2.45, 2.75) is 11.4 Å². The third-order valence-corrected chi connectivity index (χ3v) is 7.84. The van der Waals surface area contributed by atoms with E-state index in [-0.39, 0.29) is 42.0 Å². The molecular weight excluding hydrogens is 506 g/mol. The molecule has 0 fully saturated rings. The molecule has 3 heterocycles. The summed E-state index contributed by atoms with van der Waals surface area (Å²) < 4.78 is 60.9. The molecule has 0 amide bonds. The van der Waals surface area contributed by atoms with E-state index in [1.54, 1.807) is 48.5 Å². The van der Waals surface area contributed by atoms with Gasteiger partial charge >= 0.3 is 6.16 Å². The zero-order chi connectivity index (χ0) is 25.7. The van der Waals surface area contributed by atoms with E-state index in [2.05, 4.69) is 0 Å². The highest BCUT2D eigenvalue weighted by Crippen LogP contribution is 2.46. The number of hydrogen-bond acceptors (Lipinski definition) is 9. The summed E-state index contributed by atoms with van der Waals surface area (Å²) in [6, 6.07) is 14.5. The first-order valence-electron chi connectivity index (χ1n) is 11.0. The Kier molecular flexibility index (Phi) is 5.26. The summed E-state index contributed by atoms with van der Waals surface area (Å²) in [6.45, 7) is -0.244. The van der Waals surface area contributed by atoms with Gasteiger partial charge in [-0.3, -0.25) is 0 Å². The number of methoxy groups -OCH3 is 1. The molecule has 0 saturated heterocycles. The Labute approximate surface area is 211 Å². The third kappa shape index (κ3) is 3.73. The monoisotopic (exact) mass is 525 g/mol. The maximum absolute atomic E-state index is 13.8. The van der Waals surface area contributed by atoms with Gasteiger partial charge in [0.2, 0.25) is 25.2 Å². The average molecular weight is 525 g/mol. The number of hydrogen-bond donors (Lipinski definition) is 1. The summed E-state index contributed by atoms with van der Waals surface area (Å²) in [5.41, 5.74) is 1.49. The van der Waals surface area contributed by atoms with Crippen LogP contribution in [0.3, 0.4) is 0 Å². The maximum Gasteiger partial charge on any atom is 0.512 e. The lowest BCUT2D eigenvalue weighted by Crippen LogP contribution is -2.36. The third-order valence-electron chi connectivity index (χ3n) is 6.05. The van der Waals surface area contributed by atoms with Crippen LogP contribution < -0.4 is 23.7 Å². The van der Waals surface area contributed by atoms with Gasteiger partial charge in [-0.25, -0.2) is 17.5 Å². The fourth-order valence-electron chi connectivity index (χ4n) is 4.48. The summed E-state index contributed by atoms with van der Waals surface area (Å²) in [6.07, 6.45) is -1.67. The van der Waals surface area contributed by atoms with Crippen molar-refractivity contribution in [3.8, 4) is 28.7 Å². The molecule has 0 atom stereocenters.